The van der Waals surface area contributed by atoms with Crippen molar-refractivity contribution in [2.45, 2.75) is 18.7 Å². The van der Waals surface area contributed by atoms with Crippen LogP contribution < -0.4 is 4.72 Å². The Morgan fingerprint density at radius 2 is 2.00 bits per heavy atom. The number of halogens is 1. The number of anilines is 1. The fourth-order valence-corrected chi connectivity index (χ4v) is 3.66. The first-order valence-electron chi connectivity index (χ1n) is 6.10. The number of aromatic nitrogens is 2. The molecule has 0 aliphatic heterocycles. The second kappa shape index (κ2) is 5.58. The van der Waals surface area contributed by atoms with Crippen molar-refractivity contribution in [3.63, 3.8) is 0 Å². The number of rotatable bonds is 4. The minimum absolute atomic E-state index is 0.0550. The molecule has 118 valence electrons. The summed E-state index contributed by atoms with van der Waals surface area (Å²) in [7, 11) is -2.64. The Kier molecular flexibility index (Phi) is 4.12. The number of hydrogen-bond acceptors (Lipinski definition) is 5. The zero-order valence-corrected chi connectivity index (χ0v) is 13.6. The summed E-state index contributed by atoms with van der Waals surface area (Å²) in [6.45, 7) is 3.19. The molecule has 0 aliphatic carbocycles. The minimum Gasteiger partial charge on any atom is -0.275 e. The minimum atomic E-state index is -4.18. The molecule has 0 atom stereocenters. The molecule has 0 unspecified atom stereocenters. The van der Waals surface area contributed by atoms with Crippen molar-refractivity contribution in [2.24, 2.45) is 7.05 Å². The lowest BCUT2D eigenvalue weighted by molar-refractivity contribution is -0.387. The van der Waals surface area contributed by atoms with E-state index >= 15 is 0 Å². The number of benzene rings is 1. The van der Waals surface area contributed by atoms with Crippen LogP contribution in [0.4, 0.5) is 11.4 Å². The third kappa shape index (κ3) is 2.77. The molecule has 0 spiro atoms. The summed E-state index contributed by atoms with van der Waals surface area (Å²) in [5.41, 5.74) is 0.500. The van der Waals surface area contributed by atoms with Crippen LogP contribution in [0.2, 0.25) is 5.15 Å². The van der Waals surface area contributed by atoms with Crippen LogP contribution in [-0.4, -0.2) is 23.1 Å². The summed E-state index contributed by atoms with van der Waals surface area (Å²) in [5.74, 6) is 0. The normalized spacial score (nSPS) is 11.5. The Balaban J connectivity index is 2.61. The Bertz CT molecular complexity index is 860. The van der Waals surface area contributed by atoms with Crippen LogP contribution in [0, 0.1) is 24.0 Å². The number of nitro benzene ring substituents is 1. The van der Waals surface area contributed by atoms with Gasteiger partial charge in [-0.2, -0.15) is 5.10 Å². The second-order valence-corrected chi connectivity index (χ2v) is 6.67. The molecule has 1 aromatic heterocycles. The van der Waals surface area contributed by atoms with E-state index in [1.807, 2.05) is 0 Å². The fraction of sp³-hybridized carbons (Fsp3) is 0.250. The molecule has 0 bridgehead atoms. The highest BCUT2D eigenvalue weighted by molar-refractivity contribution is 7.93. The van der Waals surface area contributed by atoms with Gasteiger partial charge in [0.1, 0.15) is 5.69 Å². The predicted octanol–water partition coefficient (Wildman–Crippen LogP) is 2.40. The van der Waals surface area contributed by atoms with Crippen LogP contribution in [0.1, 0.15) is 11.1 Å². The van der Waals surface area contributed by atoms with E-state index in [1.54, 1.807) is 14.0 Å². The predicted molar refractivity (Wildman–Crippen MR) is 81.6 cm³/mol. The van der Waals surface area contributed by atoms with E-state index in [9.17, 15) is 18.5 Å². The molecular formula is C12H13ClN4O4S. The third-order valence-electron chi connectivity index (χ3n) is 3.23. The molecule has 22 heavy (non-hydrogen) atoms. The van der Waals surface area contributed by atoms with E-state index in [2.05, 4.69) is 9.82 Å². The van der Waals surface area contributed by atoms with E-state index in [0.29, 0.717) is 11.1 Å². The summed E-state index contributed by atoms with van der Waals surface area (Å²) in [6.07, 6.45) is 1.23. The van der Waals surface area contributed by atoms with Gasteiger partial charge in [-0.15, -0.1) is 0 Å². The zero-order valence-electron chi connectivity index (χ0n) is 12.0. The molecule has 0 amide bonds. The van der Waals surface area contributed by atoms with Gasteiger partial charge in [-0.05, 0) is 25.0 Å². The molecule has 2 rings (SSSR count). The van der Waals surface area contributed by atoms with Crippen molar-refractivity contribution in [2.75, 3.05) is 4.72 Å². The molecule has 0 radical (unpaired) electrons. The van der Waals surface area contributed by atoms with Gasteiger partial charge in [-0.3, -0.25) is 19.5 Å². The van der Waals surface area contributed by atoms with E-state index in [-0.39, 0.29) is 15.7 Å². The zero-order chi connectivity index (χ0) is 16.7. The average Bonchev–Trinajstić information content (AvgIpc) is 2.72. The second-order valence-electron chi connectivity index (χ2n) is 4.69. The maximum Gasteiger partial charge on any atom is 0.290 e. The van der Waals surface area contributed by atoms with Gasteiger partial charge < -0.3 is 0 Å². The molecule has 8 nitrogen and oxygen atoms in total. The summed E-state index contributed by atoms with van der Waals surface area (Å²) in [6, 6.07) is 2.67. The third-order valence-corrected chi connectivity index (χ3v) is 5.22. The first kappa shape index (κ1) is 16.2. The maximum absolute atomic E-state index is 12.6. The molecule has 0 saturated heterocycles. The lowest BCUT2D eigenvalue weighted by atomic mass is 10.1. The van der Waals surface area contributed by atoms with E-state index in [1.165, 1.54) is 29.9 Å². The largest absolute Gasteiger partial charge is 0.290 e. The molecule has 1 aromatic carbocycles. The van der Waals surface area contributed by atoms with Gasteiger partial charge in [-0.1, -0.05) is 17.7 Å². The van der Waals surface area contributed by atoms with Crippen LogP contribution in [-0.2, 0) is 17.1 Å². The van der Waals surface area contributed by atoms with Crippen molar-refractivity contribution >= 4 is 33.0 Å². The lowest BCUT2D eigenvalue weighted by Crippen LogP contribution is -2.16. The molecule has 1 heterocycles. The molecule has 2 aromatic rings. The van der Waals surface area contributed by atoms with Gasteiger partial charge in [-0.25, -0.2) is 8.42 Å². The Morgan fingerprint density at radius 3 is 2.50 bits per heavy atom. The van der Waals surface area contributed by atoms with Crippen molar-refractivity contribution in [1.82, 2.24) is 9.78 Å². The van der Waals surface area contributed by atoms with Crippen molar-refractivity contribution in [3.8, 4) is 0 Å². The van der Waals surface area contributed by atoms with Crippen LogP contribution in [0.15, 0.2) is 23.2 Å². The topological polar surface area (TPSA) is 107 Å². The highest BCUT2D eigenvalue weighted by Gasteiger charge is 2.30. The summed E-state index contributed by atoms with van der Waals surface area (Å²) in [4.78, 5) is 10.0. The van der Waals surface area contributed by atoms with Gasteiger partial charge >= 0.3 is 0 Å². The first-order valence-corrected chi connectivity index (χ1v) is 7.96. The van der Waals surface area contributed by atoms with Gasteiger partial charge in [0.2, 0.25) is 0 Å². The van der Waals surface area contributed by atoms with Crippen molar-refractivity contribution < 1.29 is 13.3 Å². The highest BCUT2D eigenvalue weighted by Crippen LogP contribution is 2.32. The average molecular weight is 345 g/mol. The van der Waals surface area contributed by atoms with E-state index in [4.69, 9.17) is 11.6 Å². The Labute approximate surface area is 131 Å². The number of aryl methyl sites for hydroxylation is 2. The lowest BCUT2D eigenvalue weighted by Gasteiger charge is -2.11. The molecule has 10 heteroatoms. The number of hydrogen-bond donors (Lipinski definition) is 1. The summed E-state index contributed by atoms with van der Waals surface area (Å²) >= 11 is 5.92. The van der Waals surface area contributed by atoms with Gasteiger partial charge in [0.15, 0.2) is 10.0 Å². The molecule has 0 saturated carbocycles. The standard InChI is InChI=1S/C12H13ClN4O4S/c1-7-4-5-10(17(18)19)11(8(7)2)22(20,21)15-9-6-14-16(3)12(9)13/h4-6,15H,1-3H3. The molecular weight excluding hydrogens is 332 g/mol. The number of sulfonamides is 1. The first-order chi connectivity index (χ1) is 10.1. The van der Waals surface area contributed by atoms with Gasteiger partial charge in [0, 0.05) is 13.1 Å². The molecule has 1 N–H and O–H groups in total. The monoisotopic (exact) mass is 344 g/mol. The van der Waals surface area contributed by atoms with Gasteiger partial charge in [0.25, 0.3) is 15.7 Å². The van der Waals surface area contributed by atoms with Crippen LogP contribution in [0.25, 0.3) is 0 Å². The van der Waals surface area contributed by atoms with Crippen molar-refractivity contribution in [1.29, 1.82) is 0 Å². The fourth-order valence-electron chi connectivity index (χ4n) is 1.95. The maximum atomic E-state index is 12.6. The quantitative estimate of drug-likeness (QED) is 0.676. The summed E-state index contributed by atoms with van der Waals surface area (Å²) < 4.78 is 28.6. The van der Waals surface area contributed by atoms with Gasteiger partial charge in [0.05, 0.1) is 11.1 Å². The number of nitrogens with zero attached hydrogens (tertiary/aromatic N) is 3. The summed E-state index contributed by atoms with van der Waals surface area (Å²) in [5, 5.41) is 15.0. The SMILES string of the molecule is Cc1ccc([N+](=O)[O-])c(S(=O)(=O)Nc2cnn(C)c2Cl)c1C. The highest BCUT2D eigenvalue weighted by atomic mass is 35.5. The number of nitrogens with one attached hydrogen (secondary N) is 1. The van der Waals surface area contributed by atoms with Crippen LogP contribution in [0.3, 0.4) is 0 Å². The number of nitro groups is 1. The van der Waals surface area contributed by atoms with Crippen LogP contribution in [0.5, 0.6) is 0 Å². The van der Waals surface area contributed by atoms with E-state index < -0.39 is 20.6 Å². The van der Waals surface area contributed by atoms with Crippen LogP contribution >= 0.6 is 11.6 Å². The van der Waals surface area contributed by atoms with Crippen molar-refractivity contribution in [3.05, 3.63) is 44.7 Å². The Hall–Kier alpha value is -2.13. The Morgan fingerprint density at radius 1 is 1.36 bits per heavy atom. The molecule has 0 fully saturated rings. The smallest absolute Gasteiger partial charge is 0.275 e. The molecule has 0 aliphatic rings. The van der Waals surface area contributed by atoms with E-state index in [0.717, 1.165) is 0 Å².